The van der Waals surface area contributed by atoms with Crippen molar-refractivity contribution in [2.24, 2.45) is 0 Å². The number of nitro groups is 1. The molecule has 0 amide bonds. The van der Waals surface area contributed by atoms with Crippen molar-refractivity contribution in [3.05, 3.63) is 75.3 Å². The van der Waals surface area contributed by atoms with Gasteiger partial charge in [-0.2, -0.15) is 5.26 Å². The summed E-state index contributed by atoms with van der Waals surface area (Å²) in [5.74, 6) is 0. The molecule has 2 aromatic rings. The minimum Gasteiger partial charge on any atom is -0.258 e. The zero-order valence-electron chi connectivity index (χ0n) is 10.9. The average Bonchev–Trinajstić information content (AvgIpc) is 2.45. The number of allylic oxidation sites excluding steroid dienone is 1. The zero-order valence-corrected chi connectivity index (χ0v) is 10.9. The minimum absolute atomic E-state index is 0.00657. The van der Waals surface area contributed by atoms with E-state index in [1.54, 1.807) is 24.3 Å². The van der Waals surface area contributed by atoms with E-state index in [1.807, 2.05) is 31.2 Å². The molecule has 0 spiro atoms. The molecule has 0 bridgehead atoms. The summed E-state index contributed by atoms with van der Waals surface area (Å²) in [6, 6.07) is 16.0. The van der Waals surface area contributed by atoms with Gasteiger partial charge in [0.2, 0.25) is 0 Å². The average molecular weight is 264 g/mol. The normalized spacial score (nSPS) is 10.9. The molecule has 98 valence electrons. The van der Waals surface area contributed by atoms with Gasteiger partial charge in [0.25, 0.3) is 5.69 Å². The lowest BCUT2D eigenvalue weighted by Crippen LogP contribution is -1.91. The fraction of sp³-hybridized carbons (Fsp3) is 0.0625. The molecule has 0 fully saturated rings. The number of nitriles is 1. The first-order chi connectivity index (χ1) is 9.61. The lowest BCUT2D eigenvalue weighted by molar-refractivity contribution is -0.385. The van der Waals surface area contributed by atoms with Crippen LogP contribution in [0, 0.1) is 28.4 Å². The van der Waals surface area contributed by atoms with E-state index in [9.17, 15) is 15.4 Å². The molecule has 20 heavy (non-hydrogen) atoms. The second-order valence-corrected chi connectivity index (χ2v) is 4.36. The fourth-order valence-electron chi connectivity index (χ4n) is 1.92. The molecular formula is C16H12N2O2. The van der Waals surface area contributed by atoms with Gasteiger partial charge in [0.1, 0.15) is 0 Å². The Balaban J connectivity index is 2.53. The van der Waals surface area contributed by atoms with Crippen molar-refractivity contribution in [1.82, 2.24) is 0 Å². The number of para-hydroxylation sites is 1. The number of aryl methyl sites for hydroxylation is 1. The Bertz CT molecular complexity index is 727. The van der Waals surface area contributed by atoms with Crippen LogP contribution in [0.15, 0.2) is 48.5 Å². The second-order valence-electron chi connectivity index (χ2n) is 4.36. The van der Waals surface area contributed by atoms with Crippen molar-refractivity contribution in [1.29, 1.82) is 5.26 Å². The predicted octanol–water partition coefficient (Wildman–Crippen LogP) is 3.97. The molecule has 0 aliphatic heterocycles. The summed E-state index contributed by atoms with van der Waals surface area (Å²) in [5, 5.41) is 20.2. The van der Waals surface area contributed by atoms with Crippen LogP contribution in [0.5, 0.6) is 0 Å². The molecule has 0 heterocycles. The molecule has 2 rings (SSSR count). The molecule has 0 unspecified atom stereocenters. The van der Waals surface area contributed by atoms with E-state index in [1.165, 1.54) is 6.07 Å². The van der Waals surface area contributed by atoms with Crippen LogP contribution in [-0.2, 0) is 0 Å². The van der Waals surface area contributed by atoms with Gasteiger partial charge >= 0.3 is 0 Å². The Hall–Kier alpha value is -2.93. The Morgan fingerprint density at radius 2 is 2.00 bits per heavy atom. The highest BCUT2D eigenvalue weighted by Gasteiger charge is 2.11. The molecule has 0 aliphatic carbocycles. The zero-order chi connectivity index (χ0) is 14.5. The molecule has 0 atom stereocenters. The van der Waals surface area contributed by atoms with E-state index in [4.69, 9.17) is 0 Å². The number of rotatable bonds is 3. The maximum Gasteiger partial charge on any atom is 0.276 e. The molecule has 2 aromatic carbocycles. The van der Waals surface area contributed by atoms with Crippen molar-refractivity contribution in [2.45, 2.75) is 6.92 Å². The highest BCUT2D eigenvalue weighted by molar-refractivity contribution is 5.91. The summed E-state index contributed by atoms with van der Waals surface area (Å²) in [6.07, 6.45) is 1.55. The number of nitro benzene ring substituents is 1. The van der Waals surface area contributed by atoms with Crippen LogP contribution >= 0.6 is 0 Å². The van der Waals surface area contributed by atoms with Crippen LogP contribution in [0.4, 0.5) is 5.69 Å². The van der Waals surface area contributed by atoms with Gasteiger partial charge in [-0.1, -0.05) is 42.0 Å². The van der Waals surface area contributed by atoms with Gasteiger partial charge in [-0.05, 0) is 24.6 Å². The molecule has 0 radical (unpaired) electrons. The molecule has 4 nitrogen and oxygen atoms in total. The van der Waals surface area contributed by atoms with E-state index in [0.717, 1.165) is 11.1 Å². The van der Waals surface area contributed by atoms with Crippen molar-refractivity contribution in [2.75, 3.05) is 0 Å². The molecule has 4 heteroatoms. The van der Waals surface area contributed by atoms with E-state index in [0.29, 0.717) is 11.1 Å². The van der Waals surface area contributed by atoms with Crippen LogP contribution in [0.2, 0.25) is 0 Å². The van der Waals surface area contributed by atoms with Gasteiger partial charge in [-0.3, -0.25) is 10.1 Å². The largest absolute Gasteiger partial charge is 0.276 e. The number of hydrogen-bond donors (Lipinski definition) is 0. The number of benzene rings is 2. The van der Waals surface area contributed by atoms with Crippen LogP contribution < -0.4 is 0 Å². The lowest BCUT2D eigenvalue weighted by Gasteiger charge is -2.02. The number of nitrogens with zero attached hydrogens (tertiary/aromatic N) is 2. The number of hydrogen-bond acceptors (Lipinski definition) is 3. The monoisotopic (exact) mass is 264 g/mol. The third-order valence-corrected chi connectivity index (χ3v) is 2.88. The molecular weight excluding hydrogens is 252 g/mol. The Morgan fingerprint density at radius 1 is 1.25 bits per heavy atom. The first kappa shape index (κ1) is 13.5. The Morgan fingerprint density at radius 3 is 2.65 bits per heavy atom. The van der Waals surface area contributed by atoms with Crippen molar-refractivity contribution >= 4 is 17.3 Å². The highest BCUT2D eigenvalue weighted by Crippen LogP contribution is 2.24. The van der Waals surface area contributed by atoms with Crippen LogP contribution in [0.25, 0.3) is 11.6 Å². The molecule has 0 aliphatic rings. The topological polar surface area (TPSA) is 66.9 Å². The first-order valence-corrected chi connectivity index (χ1v) is 6.04. The van der Waals surface area contributed by atoms with E-state index >= 15 is 0 Å². The van der Waals surface area contributed by atoms with Crippen molar-refractivity contribution in [3.63, 3.8) is 0 Å². The Labute approximate surface area is 116 Å². The van der Waals surface area contributed by atoms with Gasteiger partial charge in [-0.25, -0.2) is 0 Å². The summed E-state index contributed by atoms with van der Waals surface area (Å²) in [6.45, 7) is 1.93. The minimum atomic E-state index is -0.447. The maximum absolute atomic E-state index is 11.0. The third-order valence-electron chi connectivity index (χ3n) is 2.88. The van der Waals surface area contributed by atoms with Gasteiger partial charge in [0, 0.05) is 6.07 Å². The van der Waals surface area contributed by atoms with Gasteiger partial charge in [0.05, 0.1) is 22.1 Å². The highest BCUT2D eigenvalue weighted by atomic mass is 16.6. The second kappa shape index (κ2) is 5.81. The quantitative estimate of drug-likeness (QED) is 0.364. The fourth-order valence-corrected chi connectivity index (χ4v) is 1.92. The van der Waals surface area contributed by atoms with Crippen molar-refractivity contribution in [3.8, 4) is 6.07 Å². The summed E-state index contributed by atoms with van der Waals surface area (Å²) in [5.41, 5.74) is 2.61. The molecule has 0 saturated carbocycles. The molecule has 0 aromatic heterocycles. The van der Waals surface area contributed by atoms with Crippen LogP contribution in [0.3, 0.4) is 0 Å². The Kier molecular flexibility index (Phi) is 3.92. The van der Waals surface area contributed by atoms with Crippen LogP contribution in [0.1, 0.15) is 16.7 Å². The van der Waals surface area contributed by atoms with Gasteiger partial charge in [-0.15, -0.1) is 0 Å². The summed E-state index contributed by atoms with van der Waals surface area (Å²) in [4.78, 5) is 10.5. The van der Waals surface area contributed by atoms with Gasteiger partial charge in [0.15, 0.2) is 0 Å². The summed E-state index contributed by atoms with van der Waals surface area (Å²) in [7, 11) is 0. The van der Waals surface area contributed by atoms with Crippen LogP contribution in [-0.4, -0.2) is 4.92 Å². The maximum atomic E-state index is 11.0. The van der Waals surface area contributed by atoms with Crippen molar-refractivity contribution < 1.29 is 4.92 Å². The SMILES string of the molecule is Cc1cccc(/C(C#N)=C\c2ccccc2[N+](=O)[O-])c1. The van der Waals surface area contributed by atoms with Gasteiger partial charge < -0.3 is 0 Å². The smallest absolute Gasteiger partial charge is 0.258 e. The van der Waals surface area contributed by atoms with E-state index < -0.39 is 4.92 Å². The lowest BCUT2D eigenvalue weighted by atomic mass is 10.0. The predicted molar refractivity (Wildman–Crippen MR) is 77.8 cm³/mol. The van der Waals surface area contributed by atoms with E-state index in [-0.39, 0.29) is 5.69 Å². The molecule has 0 saturated heterocycles. The summed E-state index contributed by atoms with van der Waals surface area (Å²) >= 11 is 0. The third kappa shape index (κ3) is 2.90. The first-order valence-electron chi connectivity index (χ1n) is 6.04. The molecule has 0 N–H and O–H groups in total. The standard InChI is InChI=1S/C16H12N2O2/c1-12-5-4-7-13(9-12)15(11-17)10-14-6-2-3-8-16(14)18(19)20/h2-10H,1H3/b15-10-. The van der Waals surface area contributed by atoms with E-state index in [2.05, 4.69) is 6.07 Å². The summed E-state index contributed by atoms with van der Waals surface area (Å²) < 4.78 is 0.